The van der Waals surface area contributed by atoms with Gasteiger partial charge in [-0.05, 0) is 38.2 Å². The molecule has 6 nitrogen and oxygen atoms in total. The standard InChI is InChI=1S/C50H95NO5/c1-4-7-10-13-16-19-22-23-24-25-26-28-30-33-36-39-42-48(53)47(45-52)51-49(54)44-46(41-38-35-32-29-27-20-17-14-11-8-5-2)56-50(55)43-40-37-34-31-21-18-15-12-9-6-3/h29,32,38,41,46-48,52-53H,4-28,30-31,33-37,39-40,42-45H2,1-3H3,(H,51,54)/b32-29-,41-38+. The van der Waals surface area contributed by atoms with Gasteiger partial charge in [0.25, 0.3) is 0 Å². The zero-order valence-corrected chi connectivity index (χ0v) is 37.5. The highest BCUT2D eigenvalue weighted by atomic mass is 16.5. The van der Waals surface area contributed by atoms with Crippen LogP contribution in [0.25, 0.3) is 0 Å². The third kappa shape index (κ3) is 39.2. The van der Waals surface area contributed by atoms with Crippen LogP contribution in [-0.4, -0.2) is 46.9 Å². The summed E-state index contributed by atoms with van der Waals surface area (Å²) >= 11 is 0. The van der Waals surface area contributed by atoms with E-state index in [1.165, 1.54) is 167 Å². The average molecular weight is 790 g/mol. The first-order valence-corrected chi connectivity index (χ1v) is 24.6. The maximum absolute atomic E-state index is 13.1. The predicted octanol–water partition coefficient (Wildman–Crippen LogP) is 14.3. The Labute approximate surface area is 348 Å². The number of carbonyl (C=O) groups excluding carboxylic acids is 2. The van der Waals surface area contributed by atoms with Crippen molar-refractivity contribution in [3.05, 3.63) is 24.3 Å². The van der Waals surface area contributed by atoms with E-state index in [-0.39, 0.29) is 24.9 Å². The van der Waals surface area contributed by atoms with Gasteiger partial charge < -0.3 is 20.3 Å². The number of allylic oxidation sites excluding steroid dienone is 3. The van der Waals surface area contributed by atoms with Crippen LogP contribution in [0.3, 0.4) is 0 Å². The molecular weight excluding hydrogens is 695 g/mol. The predicted molar refractivity (Wildman–Crippen MR) is 241 cm³/mol. The van der Waals surface area contributed by atoms with E-state index < -0.39 is 18.2 Å². The van der Waals surface area contributed by atoms with E-state index in [0.29, 0.717) is 12.8 Å². The zero-order valence-electron chi connectivity index (χ0n) is 37.5. The van der Waals surface area contributed by atoms with Gasteiger partial charge in [0.05, 0.1) is 25.2 Å². The van der Waals surface area contributed by atoms with Crippen molar-refractivity contribution in [3.63, 3.8) is 0 Å². The van der Waals surface area contributed by atoms with E-state index in [1.54, 1.807) is 0 Å². The Morgan fingerprint density at radius 1 is 0.536 bits per heavy atom. The Bertz CT molecular complexity index is 889. The van der Waals surface area contributed by atoms with Crippen LogP contribution >= 0.6 is 0 Å². The number of hydrogen-bond acceptors (Lipinski definition) is 5. The van der Waals surface area contributed by atoms with Crippen LogP contribution in [0.15, 0.2) is 24.3 Å². The summed E-state index contributed by atoms with van der Waals surface area (Å²) in [6, 6.07) is -0.726. The smallest absolute Gasteiger partial charge is 0.306 e. The Morgan fingerprint density at radius 3 is 1.39 bits per heavy atom. The lowest BCUT2D eigenvalue weighted by Crippen LogP contribution is -2.46. The molecule has 0 saturated heterocycles. The van der Waals surface area contributed by atoms with Crippen molar-refractivity contribution in [1.29, 1.82) is 0 Å². The van der Waals surface area contributed by atoms with Crippen LogP contribution < -0.4 is 5.32 Å². The van der Waals surface area contributed by atoms with Crippen molar-refractivity contribution in [1.82, 2.24) is 5.32 Å². The Kier molecular flexibility index (Phi) is 43.1. The third-order valence-corrected chi connectivity index (χ3v) is 11.3. The van der Waals surface area contributed by atoms with Crippen molar-refractivity contribution in [2.24, 2.45) is 0 Å². The van der Waals surface area contributed by atoms with Gasteiger partial charge in [-0.15, -0.1) is 0 Å². The van der Waals surface area contributed by atoms with Crippen LogP contribution in [0.5, 0.6) is 0 Å². The zero-order chi connectivity index (χ0) is 41.0. The molecule has 3 atom stereocenters. The Morgan fingerprint density at radius 2 is 0.946 bits per heavy atom. The number of nitrogens with one attached hydrogen (secondary N) is 1. The highest BCUT2D eigenvalue weighted by Gasteiger charge is 2.23. The lowest BCUT2D eigenvalue weighted by Gasteiger charge is -2.23. The number of aliphatic hydroxyl groups is 2. The fourth-order valence-electron chi connectivity index (χ4n) is 7.51. The quantitative estimate of drug-likeness (QED) is 0.0324. The summed E-state index contributed by atoms with van der Waals surface area (Å²) in [5.41, 5.74) is 0. The minimum absolute atomic E-state index is 0.0238. The number of hydrogen-bond donors (Lipinski definition) is 3. The van der Waals surface area contributed by atoms with Crippen LogP contribution in [-0.2, 0) is 14.3 Å². The fourth-order valence-corrected chi connectivity index (χ4v) is 7.51. The molecule has 0 aliphatic heterocycles. The Hall–Kier alpha value is -1.66. The minimum atomic E-state index is -0.805. The summed E-state index contributed by atoms with van der Waals surface area (Å²) in [7, 11) is 0. The minimum Gasteiger partial charge on any atom is -0.458 e. The van der Waals surface area contributed by atoms with Gasteiger partial charge in [0, 0.05) is 6.42 Å². The van der Waals surface area contributed by atoms with E-state index in [9.17, 15) is 19.8 Å². The molecule has 3 unspecified atom stereocenters. The molecule has 0 aromatic rings. The molecule has 0 aliphatic carbocycles. The maximum Gasteiger partial charge on any atom is 0.306 e. The van der Waals surface area contributed by atoms with Gasteiger partial charge in [-0.3, -0.25) is 9.59 Å². The molecule has 56 heavy (non-hydrogen) atoms. The molecule has 0 aromatic heterocycles. The molecule has 0 heterocycles. The van der Waals surface area contributed by atoms with Gasteiger partial charge >= 0.3 is 5.97 Å². The summed E-state index contributed by atoms with van der Waals surface area (Å²) in [6.07, 6.45) is 49.9. The van der Waals surface area contributed by atoms with Gasteiger partial charge in [0.1, 0.15) is 6.10 Å². The van der Waals surface area contributed by atoms with Gasteiger partial charge in [-0.1, -0.05) is 232 Å². The van der Waals surface area contributed by atoms with Crippen molar-refractivity contribution in [3.8, 4) is 0 Å². The number of esters is 1. The summed E-state index contributed by atoms with van der Waals surface area (Å²) < 4.78 is 5.80. The molecule has 6 heteroatoms. The van der Waals surface area contributed by atoms with Gasteiger partial charge in [0.2, 0.25) is 5.91 Å². The summed E-state index contributed by atoms with van der Waals surface area (Å²) in [5, 5.41) is 23.7. The average Bonchev–Trinajstić information content (AvgIpc) is 3.19. The number of unbranched alkanes of at least 4 members (excludes halogenated alkanes) is 30. The highest BCUT2D eigenvalue weighted by Crippen LogP contribution is 2.16. The van der Waals surface area contributed by atoms with Crippen LogP contribution in [0.1, 0.15) is 258 Å². The third-order valence-electron chi connectivity index (χ3n) is 11.3. The van der Waals surface area contributed by atoms with E-state index in [4.69, 9.17) is 4.74 Å². The molecular formula is C50H95NO5. The van der Waals surface area contributed by atoms with Gasteiger partial charge in [-0.2, -0.15) is 0 Å². The summed E-state index contributed by atoms with van der Waals surface area (Å²) in [5.74, 6) is -0.594. The van der Waals surface area contributed by atoms with Crippen LogP contribution in [0.4, 0.5) is 0 Å². The molecule has 0 saturated carbocycles. The first-order chi connectivity index (χ1) is 27.5. The van der Waals surface area contributed by atoms with Gasteiger partial charge in [0.15, 0.2) is 0 Å². The molecule has 0 spiro atoms. The van der Waals surface area contributed by atoms with Crippen molar-refractivity contribution in [2.45, 2.75) is 277 Å². The molecule has 1 amide bonds. The molecule has 3 N–H and O–H groups in total. The highest BCUT2D eigenvalue weighted by molar-refractivity contribution is 5.78. The second-order valence-corrected chi connectivity index (χ2v) is 16.9. The van der Waals surface area contributed by atoms with Crippen molar-refractivity contribution >= 4 is 11.9 Å². The van der Waals surface area contributed by atoms with E-state index in [2.05, 4.69) is 38.2 Å². The van der Waals surface area contributed by atoms with Crippen molar-refractivity contribution < 1.29 is 24.5 Å². The first kappa shape index (κ1) is 54.3. The monoisotopic (exact) mass is 790 g/mol. The van der Waals surface area contributed by atoms with Crippen LogP contribution in [0, 0.1) is 0 Å². The molecule has 0 aromatic carbocycles. The number of carbonyl (C=O) groups is 2. The Balaban J connectivity index is 4.54. The van der Waals surface area contributed by atoms with E-state index in [1.807, 2.05) is 12.2 Å². The molecule has 0 bridgehead atoms. The second-order valence-electron chi connectivity index (χ2n) is 16.9. The lowest BCUT2D eigenvalue weighted by atomic mass is 10.0. The lowest BCUT2D eigenvalue weighted by molar-refractivity contribution is -0.148. The molecule has 0 fully saturated rings. The fraction of sp³-hybridized carbons (Fsp3) is 0.880. The topological polar surface area (TPSA) is 95.9 Å². The molecule has 0 rings (SSSR count). The first-order valence-electron chi connectivity index (χ1n) is 24.6. The number of rotatable bonds is 44. The van der Waals surface area contributed by atoms with Gasteiger partial charge in [-0.25, -0.2) is 0 Å². The molecule has 330 valence electrons. The van der Waals surface area contributed by atoms with Crippen LogP contribution in [0.2, 0.25) is 0 Å². The number of ether oxygens (including phenoxy) is 1. The number of aliphatic hydroxyl groups excluding tert-OH is 2. The van der Waals surface area contributed by atoms with E-state index in [0.717, 1.165) is 51.4 Å². The second kappa shape index (κ2) is 44.4. The number of amides is 1. The largest absolute Gasteiger partial charge is 0.458 e. The van der Waals surface area contributed by atoms with Crippen molar-refractivity contribution in [2.75, 3.05) is 6.61 Å². The SMILES string of the molecule is CCCCCCCC/C=C\C/C=C/C(CC(=O)NC(CO)C(O)CCCCCCCCCCCCCCCCCC)OC(=O)CCCCCCCCCCCC. The maximum atomic E-state index is 13.1. The molecule has 0 radical (unpaired) electrons. The summed E-state index contributed by atoms with van der Waals surface area (Å²) in [6.45, 7) is 6.44. The van der Waals surface area contributed by atoms with E-state index >= 15 is 0 Å². The molecule has 0 aliphatic rings. The normalized spacial score (nSPS) is 13.4. The summed E-state index contributed by atoms with van der Waals surface area (Å²) in [4.78, 5) is 25.9.